The van der Waals surface area contributed by atoms with Crippen LogP contribution in [0.1, 0.15) is 16.8 Å². The van der Waals surface area contributed by atoms with E-state index in [0.717, 1.165) is 6.42 Å². The Hall–Kier alpha value is -1.65. The Labute approximate surface area is 118 Å². The summed E-state index contributed by atoms with van der Waals surface area (Å²) in [5, 5.41) is 0. The molecule has 0 amide bonds. The van der Waals surface area contributed by atoms with Crippen molar-refractivity contribution in [2.75, 3.05) is 19.8 Å². The summed E-state index contributed by atoms with van der Waals surface area (Å²) in [6.45, 7) is 5.48. The lowest BCUT2D eigenvalue weighted by molar-refractivity contribution is 0.0107. The minimum Gasteiger partial charge on any atom is -0.462 e. The third-order valence-electron chi connectivity index (χ3n) is 3.96. The number of hydrogen-bond acceptors (Lipinski definition) is 4. The molecule has 1 aromatic carbocycles. The monoisotopic (exact) mass is 274 g/mol. The van der Waals surface area contributed by atoms with Crippen molar-refractivity contribution in [2.24, 2.45) is 5.92 Å². The van der Waals surface area contributed by atoms with Crippen LogP contribution in [-0.4, -0.2) is 37.5 Å². The summed E-state index contributed by atoms with van der Waals surface area (Å²) in [6, 6.07) is 9.02. The van der Waals surface area contributed by atoms with E-state index >= 15 is 0 Å². The fraction of sp³-hybridized carbons (Fsp3) is 0.438. The third kappa shape index (κ3) is 2.49. The largest absolute Gasteiger partial charge is 0.462 e. The highest BCUT2D eigenvalue weighted by molar-refractivity contribution is 5.89. The predicted molar refractivity (Wildman–Crippen MR) is 73.5 cm³/mol. The van der Waals surface area contributed by atoms with E-state index in [1.54, 1.807) is 18.2 Å². The summed E-state index contributed by atoms with van der Waals surface area (Å²) in [7, 11) is 0. The van der Waals surface area contributed by atoms with E-state index < -0.39 is 0 Å². The topological polar surface area (TPSA) is 48.1 Å². The number of benzene rings is 1. The van der Waals surface area contributed by atoms with E-state index in [0.29, 0.717) is 25.4 Å². The highest BCUT2D eigenvalue weighted by Gasteiger charge is 2.54. The van der Waals surface area contributed by atoms with Crippen LogP contribution in [0.3, 0.4) is 0 Å². The SMILES string of the molecule is C=CC1([C@@H]2OCC[C@H]2COC(=O)c2ccccc2)CO1. The average molecular weight is 274 g/mol. The van der Waals surface area contributed by atoms with Crippen LogP contribution in [0.2, 0.25) is 0 Å². The van der Waals surface area contributed by atoms with Crippen molar-refractivity contribution in [3.05, 3.63) is 48.6 Å². The van der Waals surface area contributed by atoms with E-state index in [1.165, 1.54) is 0 Å². The molecule has 3 rings (SSSR count). The lowest BCUT2D eigenvalue weighted by Gasteiger charge is -2.22. The van der Waals surface area contributed by atoms with Crippen molar-refractivity contribution >= 4 is 5.97 Å². The number of hydrogen-bond donors (Lipinski definition) is 0. The second kappa shape index (κ2) is 5.38. The normalized spacial score (nSPS) is 31.8. The van der Waals surface area contributed by atoms with Crippen LogP contribution < -0.4 is 0 Å². The minimum atomic E-state index is -0.361. The molecule has 0 spiro atoms. The molecule has 0 radical (unpaired) electrons. The Morgan fingerprint density at radius 3 is 2.85 bits per heavy atom. The van der Waals surface area contributed by atoms with Crippen molar-refractivity contribution in [2.45, 2.75) is 18.1 Å². The van der Waals surface area contributed by atoms with Gasteiger partial charge < -0.3 is 14.2 Å². The summed E-state index contributed by atoms with van der Waals surface area (Å²) in [4.78, 5) is 11.9. The van der Waals surface area contributed by atoms with Gasteiger partial charge in [-0.2, -0.15) is 0 Å². The molecular formula is C16H18O4. The Morgan fingerprint density at radius 2 is 2.20 bits per heavy atom. The minimum absolute atomic E-state index is 0.0522. The number of carbonyl (C=O) groups excluding carboxylic acids is 1. The molecule has 0 saturated carbocycles. The molecule has 0 bridgehead atoms. The standard InChI is InChI=1S/C16H18O4/c1-2-16(11-20-16)14-13(8-9-18-14)10-19-15(17)12-6-4-3-5-7-12/h2-7,13-14H,1,8-11H2/t13-,14+,16?/m0/s1. The maximum atomic E-state index is 11.9. The van der Waals surface area contributed by atoms with Crippen molar-refractivity contribution in [1.82, 2.24) is 0 Å². The zero-order valence-electron chi connectivity index (χ0n) is 11.3. The van der Waals surface area contributed by atoms with Gasteiger partial charge in [0, 0.05) is 12.5 Å². The van der Waals surface area contributed by atoms with Crippen LogP contribution in [0.5, 0.6) is 0 Å². The average Bonchev–Trinajstić information content (AvgIpc) is 3.16. The molecule has 0 N–H and O–H groups in total. The summed E-state index contributed by atoms with van der Waals surface area (Å²) in [5.41, 5.74) is 0.212. The maximum Gasteiger partial charge on any atom is 0.338 e. The van der Waals surface area contributed by atoms with Gasteiger partial charge in [-0.05, 0) is 18.6 Å². The third-order valence-corrected chi connectivity index (χ3v) is 3.96. The Kier molecular flexibility index (Phi) is 3.59. The van der Waals surface area contributed by atoms with Gasteiger partial charge in [-0.15, -0.1) is 6.58 Å². The number of carbonyl (C=O) groups is 1. The number of esters is 1. The quantitative estimate of drug-likeness (QED) is 0.469. The fourth-order valence-corrected chi connectivity index (χ4v) is 2.67. The zero-order chi connectivity index (χ0) is 14.0. The summed E-state index contributed by atoms with van der Waals surface area (Å²) < 4.78 is 16.6. The summed E-state index contributed by atoms with van der Waals surface area (Å²) in [5.74, 6) is -0.121. The molecule has 3 atom stereocenters. The molecule has 0 aliphatic carbocycles. The summed E-state index contributed by atoms with van der Waals surface area (Å²) in [6.07, 6.45) is 2.63. The molecule has 1 unspecified atom stereocenters. The van der Waals surface area contributed by atoms with Gasteiger partial charge in [0.05, 0.1) is 24.9 Å². The van der Waals surface area contributed by atoms with Crippen molar-refractivity contribution in [3.8, 4) is 0 Å². The van der Waals surface area contributed by atoms with Gasteiger partial charge in [0.2, 0.25) is 0 Å². The molecule has 4 nitrogen and oxygen atoms in total. The molecule has 4 heteroatoms. The number of epoxide rings is 1. The lowest BCUT2D eigenvalue weighted by atomic mass is 9.91. The first-order chi connectivity index (χ1) is 9.75. The zero-order valence-corrected chi connectivity index (χ0v) is 11.3. The molecule has 106 valence electrons. The molecule has 2 heterocycles. The van der Waals surface area contributed by atoms with Gasteiger partial charge in [0.15, 0.2) is 0 Å². The maximum absolute atomic E-state index is 11.9. The van der Waals surface area contributed by atoms with Crippen LogP contribution in [-0.2, 0) is 14.2 Å². The Morgan fingerprint density at radius 1 is 1.45 bits per heavy atom. The van der Waals surface area contributed by atoms with Crippen molar-refractivity contribution in [1.29, 1.82) is 0 Å². The van der Waals surface area contributed by atoms with E-state index in [-0.39, 0.29) is 23.6 Å². The molecule has 2 fully saturated rings. The highest BCUT2D eigenvalue weighted by atomic mass is 16.6. The second-order valence-electron chi connectivity index (χ2n) is 5.25. The molecule has 0 aromatic heterocycles. The predicted octanol–water partition coefficient (Wildman–Crippen LogP) is 2.20. The van der Waals surface area contributed by atoms with Gasteiger partial charge in [0.25, 0.3) is 0 Å². The van der Waals surface area contributed by atoms with Crippen LogP contribution in [0.15, 0.2) is 43.0 Å². The van der Waals surface area contributed by atoms with Gasteiger partial charge in [-0.3, -0.25) is 0 Å². The lowest BCUT2D eigenvalue weighted by Crippen LogP contribution is -2.35. The van der Waals surface area contributed by atoms with E-state index in [2.05, 4.69) is 6.58 Å². The summed E-state index contributed by atoms with van der Waals surface area (Å²) >= 11 is 0. The molecule has 2 saturated heterocycles. The van der Waals surface area contributed by atoms with Crippen molar-refractivity contribution < 1.29 is 19.0 Å². The van der Waals surface area contributed by atoms with E-state index in [4.69, 9.17) is 14.2 Å². The van der Waals surface area contributed by atoms with E-state index in [9.17, 15) is 4.79 Å². The first kappa shape index (κ1) is 13.3. The molecule has 20 heavy (non-hydrogen) atoms. The van der Waals surface area contributed by atoms with E-state index in [1.807, 2.05) is 18.2 Å². The van der Waals surface area contributed by atoms with Crippen LogP contribution in [0.4, 0.5) is 0 Å². The smallest absolute Gasteiger partial charge is 0.338 e. The van der Waals surface area contributed by atoms with Crippen LogP contribution in [0.25, 0.3) is 0 Å². The van der Waals surface area contributed by atoms with Gasteiger partial charge in [-0.25, -0.2) is 4.79 Å². The van der Waals surface area contributed by atoms with Crippen LogP contribution in [0, 0.1) is 5.92 Å². The molecule has 1 aromatic rings. The first-order valence-corrected chi connectivity index (χ1v) is 6.86. The highest BCUT2D eigenvalue weighted by Crippen LogP contribution is 2.41. The molecule has 2 aliphatic heterocycles. The van der Waals surface area contributed by atoms with Gasteiger partial charge in [-0.1, -0.05) is 24.3 Å². The number of ether oxygens (including phenoxy) is 3. The first-order valence-electron chi connectivity index (χ1n) is 6.86. The molecular weight excluding hydrogens is 256 g/mol. The van der Waals surface area contributed by atoms with Gasteiger partial charge in [0.1, 0.15) is 5.60 Å². The number of rotatable bonds is 5. The fourth-order valence-electron chi connectivity index (χ4n) is 2.67. The van der Waals surface area contributed by atoms with Gasteiger partial charge >= 0.3 is 5.97 Å². The van der Waals surface area contributed by atoms with Crippen molar-refractivity contribution in [3.63, 3.8) is 0 Å². The van der Waals surface area contributed by atoms with Crippen LogP contribution >= 0.6 is 0 Å². The Balaban J connectivity index is 1.58. The Bertz CT molecular complexity index is 492. The second-order valence-corrected chi connectivity index (χ2v) is 5.25. The molecule has 2 aliphatic rings.